The topological polar surface area (TPSA) is 93.2 Å². The number of carbonyl (C=O) groups excluding carboxylic acids is 1. The molecule has 9 heteroatoms. The van der Waals surface area contributed by atoms with Gasteiger partial charge in [0.25, 0.3) is 0 Å². The first-order chi connectivity index (χ1) is 13.4. The fraction of sp³-hybridized carbons (Fsp3) is 0.600. The smallest absolute Gasteiger partial charge is 0.407 e. The van der Waals surface area contributed by atoms with E-state index in [1.165, 1.54) is 0 Å². The van der Waals surface area contributed by atoms with Gasteiger partial charge in [-0.3, -0.25) is 0 Å². The molecule has 0 atom stereocenters. The van der Waals surface area contributed by atoms with Crippen molar-refractivity contribution in [1.82, 2.24) is 16.0 Å². The molecule has 0 aliphatic carbocycles. The summed E-state index contributed by atoms with van der Waals surface area (Å²) in [6.45, 7) is 11.1. The maximum absolute atomic E-state index is 11.7. The first kappa shape index (κ1) is 25.1. The van der Waals surface area contributed by atoms with Gasteiger partial charge >= 0.3 is 6.09 Å². The van der Waals surface area contributed by atoms with Crippen molar-refractivity contribution in [3.05, 3.63) is 23.8 Å². The van der Waals surface area contributed by atoms with Gasteiger partial charge in [-0.1, -0.05) is 6.07 Å². The van der Waals surface area contributed by atoms with Crippen LogP contribution in [0.2, 0.25) is 0 Å². The van der Waals surface area contributed by atoms with Crippen molar-refractivity contribution >= 4 is 36.0 Å². The van der Waals surface area contributed by atoms with Gasteiger partial charge in [-0.05, 0) is 45.4 Å². The Morgan fingerprint density at radius 3 is 2.48 bits per heavy atom. The molecule has 1 aliphatic heterocycles. The molecule has 0 aromatic heterocycles. The van der Waals surface area contributed by atoms with E-state index >= 15 is 0 Å². The van der Waals surface area contributed by atoms with Crippen molar-refractivity contribution in [2.24, 2.45) is 4.99 Å². The van der Waals surface area contributed by atoms with Crippen LogP contribution in [0.25, 0.3) is 0 Å². The molecule has 3 N–H and O–H groups in total. The molecule has 0 fully saturated rings. The van der Waals surface area contributed by atoms with Crippen molar-refractivity contribution in [3.8, 4) is 11.5 Å². The quantitative estimate of drug-likeness (QED) is 0.231. The Kier molecular flexibility index (Phi) is 10.9. The first-order valence-corrected chi connectivity index (χ1v) is 9.75. The molecule has 0 radical (unpaired) electrons. The Hall–Kier alpha value is -1.91. The summed E-state index contributed by atoms with van der Waals surface area (Å²) in [5.74, 6) is 2.23. The van der Waals surface area contributed by atoms with Gasteiger partial charge < -0.3 is 30.2 Å². The molecule has 0 unspecified atom stereocenters. The van der Waals surface area contributed by atoms with Gasteiger partial charge in [0, 0.05) is 26.1 Å². The minimum atomic E-state index is -0.503. The number of carbonyl (C=O) groups is 1. The lowest BCUT2D eigenvalue weighted by molar-refractivity contribution is 0.0529. The van der Waals surface area contributed by atoms with Gasteiger partial charge in [-0.15, -0.1) is 24.0 Å². The minimum Gasteiger partial charge on any atom is -0.490 e. The third kappa shape index (κ3) is 9.91. The van der Waals surface area contributed by atoms with E-state index in [1.807, 2.05) is 45.9 Å². The summed E-state index contributed by atoms with van der Waals surface area (Å²) >= 11 is 0. The van der Waals surface area contributed by atoms with Crippen LogP contribution in [0.4, 0.5) is 4.79 Å². The van der Waals surface area contributed by atoms with E-state index < -0.39 is 11.7 Å². The average Bonchev–Trinajstić information content (AvgIpc) is 2.86. The van der Waals surface area contributed by atoms with Crippen LogP contribution in [0, 0.1) is 0 Å². The third-order valence-electron chi connectivity index (χ3n) is 3.66. The lowest BCUT2D eigenvalue weighted by Gasteiger charge is -2.19. The van der Waals surface area contributed by atoms with Crippen molar-refractivity contribution < 1.29 is 19.0 Å². The molecular formula is C20H33IN4O4. The van der Waals surface area contributed by atoms with Crippen LogP contribution in [-0.4, -0.2) is 50.5 Å². The van der Waals surface area contributed by atoms with E-state index in [0.29, 0.717) is 38.8 Å². The van der Waals surface area contributed by atoms with Crippen LogP contribution in [0.1, 0.15) is 39.7 Å². The molecule has 0 saturated heterocycles. The number of hydrogen-bond donors (Lipinski definition) is 3. The van der Waals surface area contributed by atoms with E-state index in [9.17, 15) is 4.79 Å². The molecule has 8 nitrogen and oxygen atoms in total. The summed E-state index contributed by atoms with van der Waals surface area (Å²) < 4.78 is 16.6. The van der Waals surface area contributed by atoms with Crippen LogP contribution in [0.5, 0.6) is 11.5 Å². The zero-order valence-electron chi connectivity index (χ0n) is 17.7. The predicted molar refractivity (Wildman–Crippen MR) is 125 cm³/mol. The summed E-state index contributed by atoms with van der Waals surface area (Å²) in [6.07, 6.45) is 0.456. The molecule has 29 heavy (non-hydrogen) atoms. The molecule has 1 heterocycles. The van der Waals surface area contributed by atoms with Crippen LogP contribution < -0.4 is 25.4 Å². The van der Waals surface area contributed by atoms with Crippen LogP contribution in [0.15, 0.2) is 23.2 Å². The van der Waals surface area contributed by atoms with Crippen LogP contribution >= 0.6 is 24.0 Å². The summed E-state index contributed by atoms with van der Waals surface area (Å²) in [5, 5.41) is 9.10. The van der Waals surface area contributed by atoms with Crippen molar-refractivity contribution in [3.63, 3.8) is 0 Å². The standard InChI is InChI=1S/C20H32N4O4.HI/c1-5-21-18(22-9-10-23-19(25)28-20(2,3)4)24-14-15-7-8-16-17(13-15)27-12-6-11-26-16;/h7-8,13H,5-6,9-12,14H2,1-4H3,(H,23,25)(H2,21,22,24);1H. The van der Waals surface area contributed by atoms with E-state index in [0.717, 1.165) is 30.0 Å². The number of fused-ring (bicyclic) bond motifs is 1. The highest BCUT2D eigenvalue weighted by Gasteiger charge is 2.15. The molecule has 1 amide bonds. The number of aliphatic imine (C=N–C) groups is 1. The number of guanidine groups is 1. The number of amides is 1. The summed E-state index contributed by atoms with van der Waals surface area (Å²) in [5.41, 5.74) is 0.532. The second kappa shape index (κ2) is 12.6. The lowest BCUT2D eigenvalue weighted by atomic mass is 10.2. The second-order valence-electron chi connectivity index (χ2n) is 7.38. The Labute approximate surface area is 190 Å². The summed E-state index contributed by atoms with van der Waals surface area (Å²) in [6, 6.07) is 5.89. The molecule has 164 valence electrons. The molecule has 1 aromatic rings. The van der Waals surface area contributed by atoms with Gasteiger partial charge in [0.05, 0.1) is 19.8 Å². The fourth-order valence-electron chi connectivity index (χ4n) is 2.48. The Morgan fingerprint density at radius 2 is 1.79 bits per heavy atom. The zero-order valence-corrected chi connectivity index (χ0v) is 20.0. The number of hydrogen-bond acceptors (Lipinski definition) is 5. The highest BCUT2D eigenvalue weighted by atomic mass is 127. The number of alkyl carbamates (subject to hydrolysis) is 1. The van der Waals surface area contributed by atoms with Crippen molar-refractivity contribution in [2.45, 2.75) is 46.3 Å². The monoisotopic (exact) mass is 520 g/mol. The van der Waals surface area contributed by atoms with E-state index in [-0.39, 0.29) is 24.0 Å². The second-order valence-corrected chi connectivity index (χ2v) is 7.38. The number of ether oxygens (including phenoxy) is 3. The number of benzene rings is 1. The molecule has 1 aromatic carbocycles. The van der Waals surface area contributed by atoms with E-state index in [2.05, 4.69) is 20.9 Å². The van der Waals surface area contributed by atoms with Crippen molar-refractivity contribution in [2.75, 3.05) is 32.8 Å². The Balaban J connectivity index is 0.00000420. The molecule has 0 bridgehead atoms. The summed E-state index contributed by atoms with van der Waals surface area (Å²) in [4.78, 5) is 16.2. The van der Waals surface area contributed by atoms with Crippen molar-refractivity contribution in [1.29, 1.82) is 0 Å². The van der Waals surface area contributed by atoms with Gasteiger partial charge in [-0.2, -0.15) is 0 Å². The largest absolute Gasteiger partial charge is 0.490 e. The number of halogens is 1. The minimum absolute atomic E-state index is 0. The van der Waals surface area contributed by atoms with Gasteiger partial charge in [0.2, 0.25) is 0 Å². The molecule has 0 saturated carbocycles. The van der Waals surface area contributed by atoms with Gasteiger partial charge in [0.1, 0.15) is 5.60 Å². The third-order valence-corrected chi connectivity index (χ3v) is 3.66. The Bertz CT molecular complexity index is 677. The summed E-state index contributed by atoms with van der Waals surface area (Å²) in [7, 11) is 0. The highest BCUT2D eigenvalue weighted by Crippen LogP contribution is 2.30. The highest BCUT2D eigenvalue weighted by molar-refractivity contribution is 14.0. The maximum atomic E-state index is 11.7. The van der Waals surface area contributed by atoms with E-state index in [4.69, 9.17) is 14.2 Å². The number of rotatable bonds is 6. The first-order valence-electron chi connectivity index (χ1n) is 9.75. The maximum Gasteiger partial charge on any atom is 0.407 e. The fourth-order valence-corrected chi connectivity index (χ4v) is 2.48. The predicted octanol–water partition coefficient (Wildman–Crippen LogP) is 3.05. The Morgan fingerprint density at radius 1 is 1.10 bits per heavy atom. The zero-order chi connectivity index (χ0) is 20.4. The SMILES string of the molecule is CCNC(=NCc1ccc2c(c1)OCCCO2)NCCNC(=O)OC(C)(C)C.I. The average molecular weight is 520 g/mol. The molecule has 0 spiro atoms. The van der Waals surface area contributed by atoms with Gasteiger partial charge in [-0.25, -0.2) is 9.79 Å². The molecule has 1 aliphatic rings. The lowest BCUT2D eigenvalue weighted by Crippen LogP contribution is -2.42. The van der Waals surface area contributed by atoms with Crippen LogP contribution in [0.3, 0.4) is 0 Å². The van der Waals surface area contributed by atoms with Gasteiger partial charge in [0.15, 0.2) is 17.5 Å². The molecule has 2 rings (SSSR count). The van der Waals surface area contributed by atoms with Crippen LogP contribution in [-0.2, 0) is 11.3 Å². The normalized spacial score (nSPS) is 13.6. The molecular weight excluding hydrogens is 487 g/mol. The number of nitrogens with zero attached hydrogens (tertiary/aromatic N) is 1. The number of nitrogens with one attached hydrogen (secondary N) is 3. The van der Waals surface area contributed by atoms with E-state index in [1.54, 1.807) is 0 Å².